The van der Waals surface area contributed by atoms with Crippen LogP contribution in [0.1, 0.15) is 5.56 Å². The molecule has 2 aromatic heterocycles. The molecular formula is C47H29N5S. The Morgan fingerprint density at radius 2 is 0.906 bits per heavy atom. The number of nitrogens with zero attached hydrogens (tertiary/aromatic N) is 5. The van der Waals surface area contributed by atoms with E-state index in [0.29, 0.717) is 23.0 Å². The molecule has 248 valence electrons. The lowest BCUT2D eigenvalue weighted by atomic mass is 9.95. The zero-order chi connectivity index (χ0) is 35.6. The number of aromatic nitrogens is 4. The maximum Gasteiger partial charge on any atom is 0.164 e. The molecule has 0 aliphatic carbocycles. The smallest absolute Gasteiger partial charge is 0.164 e. The van der Waals surface area contributed by atoms with E-state index in [1.807, 2.05) is 91.0 Å². The van der Waals surface area contributed by atoms with Gasteiger partial charge in [0.15, 0.2) is 17.5 Å². The maximum absolute atomic E-state index is 9.40. The number of rotatable bonds is 7. The number of fused-ring (bicyclic) bond motifs is 1. The molecular weight excluding hydrogens is 667 g/mol. The van der Waals surface area contributed by atoms with Crippen LogP contribution in [-0.4, -0.2) is 19.9 Å². The lowest BCUT2D eigenvalue weighted by Gasteiger charge is -2.13. The van der Waals surface area contributed by atoms with Gasteiger partial charge >= 0.3 is 0 Å². The highest BCUT2D eigenvalue weighted by atomic mass is 32.1. The summed E-state index contributed by atoms with van der Waals surface area (Å²) in [5, 5.41) is 10.4. The van der Waals surface area contributed by atoms with E-state index in [4.69, 9.17) is 19.9 Å². The van der Waals surface area contributed by atoms with Gasteiger partial charge in [0.1, 0.15) is 5.01 Å². The highest BCUT2D eigenvalue weighted by Crippen LogP contribution is 2.36. The molecule has 0 N–H and O–H groups in total. The number of hydrogen-bond acceptors (Lipinski definition) is 6. The molecule has 0 aliphatic heterocycles. The summed E-state index contributed by atoms with van der Waals surface area (Å²) < 4.78 is 1.18. The molecule has 0 unspecified atom stereocenters. The fourth-order valence-corrected chi connectivity index (χ4v) is 7.51. The number of nitriles is 1. The van der Waals surface area contributed by atoms with Gasteiger partial charge in [-0.1, -0.05) is 140 Å². The predicted octanol–water partition coefficient (Wildman–Crippen LogP) is 12.0. The lowest BCUT2D eigenvalue weighted by molar-refractivity contribution is 1.07. The Balaban J connectivity index is 1.11. The Hall–Kier alpha value is -7.07. The molecule has 0 saturated carbocycles. The Bertz CT molecular complexity index is 2770. The molecule has 0 radical (unpaired) electrons. The van der Waals surface area contributed by atoms with E-state index in [1.54, 1.807) is 11.3 Å². The van der Waals surface area contributed by atoms with Gasteiger partial charge in [0.2, 0.25) is 0 Å². The maximum atomic E-state index is 9.40. The molecule has 9 aromatic rings. The first kappa shape index (κ1) is 31.9. The van der Waals surface area contributed by atoms with Gasteiger partial charge in [-0.2, -0.15) is 5.26 Å². The van der Waals surface area contributed by atoms with E-state index in [1.165, 1.54) is 4.70 Å². The third-order valence-corrected chi connectivity index (χ3v) is 10.3. The van der Waals surface area contributed by atoms with Crippen LogP contribution in [0.25, 0.3) is 88.3 Å². The summed E-state index contributed by atoms with van der Waals surface area (Å²) >= 11 is 1.71. The van der Waals surface area contributed by atoms with Crippen molar-refractivity contribution in [1.29, 1.82) is 5.26 Å². The van der Waals surface area contributed by atoms with Crippen LogP contribution in [0.2, 0.25) is 0 Å². The Morgan fingerprint density at radius 1 is 0.377 bits per heavy atom. The zero-order valence-electron chi connectivity index (χ0n) is 28.4. The molecule has 0 spiro atoms. The van der Waals surface area contributed by atoms with Gasteiger partial charge in [0.05, 0.1) is 21.8 Å². The summed E-state index contributed by atoms with van der Waals surface area (Å²) in [6, 6.07) is 61.8. The van der Waals surface area contributed by atoms with Gasteiger partial charge in [-0.05, 0) is 69.8 Å². The fourth-order valence-electron chi connectivity index (χ4n) is 6.55. The highest BCUT2D eigenvalue weighted by Gasteiger charge is 2.16. The van der Waals surface area contributed by atoms with Gasteiger partial charge in [-0.25, -0.2) is 19.9 Å². The van der Waals surface area contributed by atoms with Crippen LogP contribution >= 0.6 is 11.3 Å². The molecule has 53 heavy (non-hydrogen) atoms. The standard InChI is InChI=1S/C47H29N5S/c48-30-31-11-8-14-35(27-31)32-23-25-34(26-24-32)45-50-44(33-12-2-1-3-13-33)51-46(52-45)41-20-5-4-19-40(41)38-17-9-15-36(28-38)37-16-10-18-39(29-37)47-49-42-21-6-7-22-43(42)53-47/h1-29H. The van der Waals surface area contributed by atoms with Crippen molar-refractivity contribution >= 4 is 21.6 Å². The van der Waals surface area contributed by atoms with Crippen LogP contribution < -0.4 is 0 Å². The SMILES string of the molecule is N#Cc1cccc(-c2ccc(-c3nc(-c4ccccc4)nc(-c4ccccc4-c4cccc(-c5cccc(-c6nc7ccccc7s6)c5)c4)n3)cc2)c1. The van der Waals surface area contributed by atoms with E-state index < -0.39 is 0 Å². The van der Waals surface area contributed by atoms with Crippen molar-refractivity contribution in [3.63, 3.8) is 0 Å². The van der Waals surface area contributed by atoms with Gasteiger partial charge in [0, 0.05) is 22.3 Å². The monoisotopic (exact) mass is 695 g/mol. The van der Waals surface area contributed by atoms with Crippen LogP contribution in [0, 0.1) is 11.3 Å². The summed E-state index contributed by atoms with van der Waals surface area (Å²) in [6.07, 6.45) is 0. The van der Waals surface area contributed by atoms with Crippen molar-refractivity contribution in [2.45, 2.75) is 0 Å². The van der Waals surface area contributed by atoms with Crippen LogP contribution in [0.15, 0.2) is 176 Å². The molecule has 0 atom stereocenters. The first-order chi connectivity index (χ1) is 26.2. The second-order valence-corrected chi connectivity index (χ2v) is 13.7. The quantitative estimate of drug-likeness (QED) is 0.166. The second kappa shape index (κ2) is 13.9. The normalized spacial score (nSPS) is 11.0. The minimum atomic E-state index is 0.585. The van der Waals surface area contributed by atoms with Crippen molar-refractivity contribution in [3.8, 4) is 84.2 Å². The van der Waals surface area contributed by atoms with Crippen LogP contribution in [0.5, 0.6) is 0 Å². The van der Waals surface area contributed by atoms with E-state index in [-0.39, 0.29) is 0 Å². The van der Waals surface area contributed by atoms with Crippen molar-refractivity contribution < 1.29 is 0 Å². The van der Waals surface area contributed by atoms with Gasteiger partial charge in [0.25, 0.3) is 0 Å². The van der Waals surface area contributed by atoms with Crippen molar-refractivity contribution in [2.75, 3.05) is 0 Å². The predicted molar refractivity (Wildman–Crippen MR) is 216 cm³/mol. The average Bonchev–Trinajstić information content (AvgIpc) is 3.69. The molecule has 0 amide bonds. The van der Waals surface area contributed by atoms with E-state index in [2.05, 4.69) is 91.0 Å². The van der Waals surface area contributed by atoms with Gasteiger partial charge in [-0.15, -0.1) is 11.3 Å². The molecule has 0 saturated heterocycles. The fraction of sp³-hybridized carbons (Fsp3) is 0. The van der Waals surface area contributed by atoms with Gasteiger partial charge < -0.3 is 0 Å². The minimum Gasteiger partial charge on any atom is -0.236 e. The van der Waals surface area contributed by atoms with E-state index in [0.717, 1.165) is 66.2 Å². The van der Waals surface area contributed by atoms with Crippen LogP contribution in [-0.2, 0) is 0 Å². The first-order valence-corrected chi connectivity index (χ1v) is 18.1. The summed E-state index contributed by atoms with van der Waals surface area (Å²) in [5.74, 6) is 1.78. The molecule has 5 nitrogen and oxygen atoms in total. The summed E-state index contributed by atoms with van der Waals surface area (Å²) in [4.78, 5) is 20.0. The van der Waals surface area contributed by atoms with Crippen molar-refractivity contribution in [1.82, 2.24) is 19.9 Å². The molecule has 7 aromatic carbocycles. The third kappa shape index (κ3) is 6.49. The van der Waals surface area contributed by atoms with Crippen molar-refractivity contribution in [2.24, 2.45) is 0 Å². The average molecular weight is 696 g/mol. The summed E-state index contributed by atoms with van der Waals surface area (Å²) in [6.45, 7) is 0. The number of benzene rings is 7. The molecule has 2 heterocycles. The number of hydrogen-bond donors (Lipinski definition) is 0. The summed E-state index contributed by atoms with van der Waals surface area (Å²) in [5.41, 5.74) is 11.8. The largest absolute Gasteiger partial charge is 0.236 e. The number of para-hydroxylation sites is 1. The van der Waals surface area contributed by atoms with Crippen LogP contribution in [0.3, 0.4) is 0 Å². The number of thiazole rings is 1. The second-order valence-electron chi connectivity index (χ2n) is 12.6. The lowest BCUT2D eigenvalue weighted by Crippen LogP contribution is -2.01. The van der Waals surface area contributed by atoms with E-state index >= 15 is 0 Å². The third-order valence-electron chi connectivity index (χ3n) is 9.21. The molecule has 0 bridgehead atoms. The molecule has 0 aliphatic rings. The zero-order valence-corrected chi connectivity index (χ0v) is 29.2. The Morgan fingerprint density at radius 3 is 1.64 bits per heavy atom. The molecule has 6 heteroatoms. The highest BCUT2D eigenvalue weighted by molar-refractivity contribution is 7.21. The molecule has 0 fully saturated rings. The first-order valence-electron chi connectivity index (χ1n) is 17.3. The Labute approximate surface area is 311 Å². The van der Waals surface area contributed by atoms with Gasteiger partial charge in [-0.3, -0.25) is 0 Å². The minimum absolute atomic E-state index is 0.585. The van der Waals surface area contributed by atoms with Crippen molar-refractivity contribution in [3.05, 3.63) is 181 Å². The Kier molecular flexibility index (Phi) is 8.37. The topological polar surface area (TPSA) is 75.3 Å². The van der Waals surface area contributed by atoms with E-state index in [9.17, 15) is 5.26 Å². The van der Waals surface area contributed by atoms with Crippen LogP contribution in [0.4, 0.5) is 0 Å². The molecule has 9 rings (SSSR count). The summed E-state index contributed by atoms with van der Waals surface area (Å²) in [7, 11) is 0.